The fourth-order valence-electron chi connectivity index (χ4n) is 3.89. The maximum atomic E-state index is 13.6. The van der Waals surface area contributed by atoms with Gasteiger partial charge in [0.1, 0.15) is 0 Å². The molecule has 0 aromatic heterocycles. The van der Waals surface area contributed by atoms with E-state index >= 15 is 0 Å². The molecule has 1 N–H and O–H groups in total. The van der Waals surface area contributed by atoms with Crippen molar-refractivity contribution in [2.75, 3.05) is 5.32 Å². The monoisotopic (exact) mass is 419 g/mol. The van der Waals surface area contributed by atoms with Crippen molar-refractivity contribution in [1.82, 2.24) is 0 Å². The van der Waals surface area contributed by atoms with Crippen molar-refractivity contribution in [1.29, 1.82) is 0 Å². The molecule has 3 aromatic carbocycles. The Morgan fingerprint density at radius 3 is 2.52 bits per heavy atom. The predicted octanol–water partition coefficient (Wildman–Crippen LogP) is 5.24. The van der Waals surface area contributed by atoms with Gasteiger partial charge < -0.3 is 5.32 Å². The Kier molecular flexibility index (Phi) is 4.46. The van der Waals surface area contributed by atoms with Crippen LogP contribution in [0.4, 0.5) is 18.9 Å². The summed E-state index contributed by atoms with van der Waals surface area (Å²) in [5.41, 5.74) is 3.65. The first kappa shape index (κ1) is 19.2. The summed E-state index contributed by atoms with van der Waals surface area (Å²) in [5.74, 6) is -0.807. The minimum Gasteiger partial charge on any atom is -0.322 e. The Hall–Kier alpha value is -3.74. The summed E-state index contributed by atoms with van der Waals surface area (Å²) in [6.07, 6.45) is -3.25. The highest BCUT2D eigenvalue weighted by Crippen LogP contribution is 2.35. The van der Waals surface area contributed by atoms with Gasteiger partial charge >= 0.3 is 6.18 Å². The van der Waals surface area contributed by atoms with Gasteiger partial charge in [0, 0.05) is 23.0 Å². The second-order valence-corrected chi connectivity index (χ2v) is 7.42. The van der Waals surface area contributed by atoms with Gasteiger partial charge in [-0.15, -0.1) is 0 Å². The molecule has 0 bridgehead atoms. The molecule has 1 amide bonds. The van der Waals surface area contributed by atoms with Crippen molar-refractivity contribution in [2.45, 2.75) is 19.3 Å². The van der Waals surface area contributed by atoms with Gasteiger partial charge in [-0.25, -0.2) is 0 Å². The Balaban J connectivity index is 1.47. The molecule has 0 fully saturated rings. The smallest absolute Gasteiger partial charge is 0.322 e. The minimum absolute atomic E-state index is 0.267. The molecule has 31 heavy (non-hydrogen) atoms. The lowest BCUT2D eigenvalue weighted by atomic mass is 9.98. The van der Waals surface area contributed by atoms with Crippen LogP contribution in [0.2, 0.25) is 0 Å². The van der Waals surface area contributed by atoms with Crippen LogP contribution in [0.1, 0.15) is 43.7 Å². The highest BCUT2D eigenvalue weighted by atomic mass is 19.4. The summed E-state index contributed by atoms with van der Waals surface area (Å²) in [7, 11) is 0. The van der Waals surface area contributed by atoms with E-state index in [0.29, 0.717) is 23.4 Å². The van der Waals surface area contributed by atoms with Crippen LogP contribution in [-0.4, -0.2) is 17.8 Å². The van der Waals surface area contributed by atoms with E-state index in [0.717, 1.165) is 28.5 Å². The average Bonchev–Trinajstić information content (AvgIpc) is 3.39. The van der Waals surface area contributed by atoms with Crippen LogP contribution in [0.3, 0.4) is 0 Å². The lowest BCUT2D eigenvalue weighted by molar-refractivity contribution is -0.137. The highest BCUT2D eigenvalue weighted by Gasteiger charge is 2.36. The molecule has 3 aromatic rings. The normalized spacial score (nSPS) is 14.2. The second kappa shape index (κ2) is 7.19. The summed E-state index contributed by atoms with van der Waals surface area (Å²) >= 11 is 0. The molecule has 0 saturated heterocycles. The standard InChI is InChI=1S/C24H16F3N3O/c25-24(26,27)21-9-17-12-28-11-16(17)8-20(21)23(31)30-18-7-6-15-13-29-22(19(15)10-18)14-4-2-1-3-5-14/h1-10,12H,11,13H2,(H,30,31). The fraction of sp³-hybridized carbons (Fsp3) is 0.125. The Morgan fingerprint density at radius 1 is 0.935 bits per heavy atom. The highest BCUT2D eigenvalue weighted by molar-refractivity contribution is 6.16. The number of benzene rings is 3. The van der Waals surface area contributed by atoms with Gasteiger partial charge in [0.05, 0.1) is 29.9 Å². The molecule has 154 valence electrons. The predicted molar refractivity (Wildman–Crippen MR) is 113 cm³/mol. The zero-order valence-electron chi connectivity index (χ0n) is 16.2. The van der Waals surface area contributed by atoms with Crippen LogP contribution >= 0.6 is 0 Å². The molecule has 7 heteroatoms. The third kappa shape index (κ3) is 3.52. The van der Waals surface area contributed by atoms with Gasteiger partial charge in [-0.05, 0) is 41.0 Å². The van der Waals surface area contributed by atoms with Crippen LogP contribution in [0.15, 0.2) is 70.6 Å². The van der Waals surface area contributed by atoms with Gasteiger partial charge in [0.15, 0.2) is 0 Å². The zero-order valence-corrected chi connectivity index (χ0v) is 16.2. The van der Waals surface area contributed by atoms with Crippen LogP contribution in [0, 0.1) is 0 Å². The van der Waals surface area contributed by atoms with Crippen molar-refractivity contribution < 1.29 is 18.0 Å². The van der Waals surface area contributed by atoms with E-state index in [1.807, 2.05) is 36.4 Å². The van der Waals surface area contributed by atoms with Crippen molar-refractivity contribution in [3.05, 3.63) is 99.6 Å². The first-order chi connectivity index (χ1) is 14.9. The third-order valence-electron chi connectivity index (χ3n) is 5.40. The van der Waals surface area contributed by atoms with Crippen LogP contribution in [0.5, 0.6) is 0 Å². The van der Waals surface area contributed by atoms with Crippen molar-refractivity contribution >= 4 is 23.5 Å². The second-order valence-electron chi connectivity index (χ2n) is 7.42. The van der Waals surface area contributed by atoms with Gasteiger partial charge in [0.25, 0.3) is 5.91 Å². The molecule has 0 unspecified atom stereocenters. The number of aliphatic imine (C=N–C) groups is 2. The van der Waals surface area contributed by atoms with Crippen molar-refractivity contribution in [3.63, 3.8) is 0 Å². The van der Waals surface area contributed by atoms with E-state index in [1.54, 1.807) is 12.1 Å². The molecule has 0 atom stereocenters. The number of fused-ring (bicyclic) bond motifs is 2. The molecule has 0 radical (unpaired) electrons. The van der Waals surface area contributed by atoms with Gasteiger partial charge in [-0.1, -0.05) is 36.4 Å². The number of alkyl halides is 3. The SMILES string of the molecule is O=C(Nc1ccc2c(c1)C(c1ccccc1)=NC2)c1cc2c(cc1C(F)(F)F)C=NC2. The van der Waals surface area contributed by atoms with E-state index in [9.17, 15) is 18.0 Å². The van der Waals surface area contributed by atoms with Crippen molar-refractivity contribution in [2.24, 2.45) is 9.98 Å². The number of hydrogen-bond donors (Lipinski definition) is 1. The molecule has 2 aliphatic heterocycles. The van der Waals surface area contributed by atoms with E-state index in [-0.39, 0.29) is 6.54 Å². The summed E-state index contributed by atoms with van der Waals surface area (Å²) in [4.78, 5) is 21.4. The number of anilines is 1. The van der Waals surface area contributed by atoms with Gasteiger partial charge in [0.2, 0.25) is 0 Å². The number of hydrogen-bond acceptors (Lipinski definition) is 3. The molecule has 4 nitrogen and oxygen atoms in total. The van der Waals surface area contributed by atoms with Crippen LogP contribution in [-0.2, 0) is 19.3 Å². The quantitative estimate of drug-likeness (QED) is 0.620. The number of nitrogens with zero attached hydrogens (tertiary/aromatic N) is 2. The van der Waals surface area contributed by atoms with E-state index in [2.05, 4.69) is 15.3 Å². The number of amides is 1. The first-order valence-electron chi connectivity index (χ1n) is 9.68. The first-order valence-corrected chi connectivity index (χ1v) is 9.68. The van der Waals surface area contributed by atoms with Crippen LogP contribution < -0.4 is 5.32 Å². The molecule has 0 saturated carbocycles. The minimum atomic E-state index is -4.65. The number of carbonyl (C=O) groups excluding carboxylic acids is 1. The van der Waals surface area contributed by atoms with Crippen molar-refractivity contribution in [3.8, 4) is 0 Å². The topological polar surface area (TPSA) is 53.8 Å². The summed E-state index contributed by atoms with van der Waals surface area (Å²) in [5, 5.41) is 2.63. The Morgan fingerprint density at radius 2 is 1.74 bits per heavy atom. The lowest BCUT2D eigenvalue weighted by Gasteiger charge is -2.15. The maximum absolute atomic E-state index is 13.6. The maximum Gasteiger partial charge on any atom is 0.417 e. The summed E-state index contributed by atoms with van der Waals surface area (Å²) in [6, 6.07) is 17.2. The molecule has 5 rings (SSSR count). The molecular formula is C24H16F3N3O. The summed E-state index contributed by atoms with van der Waals surface area (Å²) < 4.78 is 40.8. The lowest BCUT2D eigenvalue weighted by Crippen LogP contribution is -2.20. The molecule has 0 spiro atoms. The Labute approximate surface area is 176 Å². The van der Waals surface area contributed by atoms with E-state index in [1.165, 1.54) is 12.3 Å². The number of nitrogens with one attached hydrogen (secondary N) is 1. The van der Waals surface area contributed by atoms with Crippen LogP contribution in [0.25, 0.3) is 0 Å². The zero-order chi connectivity index (χ0) is 21.6. The number of carbonyl (C=O) groups is 1. The third-order valence-corrected chi connectivity index (χ3v) is 5.40. The van der Waals surface area contributed by atoms with Gasteiger partial charge in [-0.3, -0.25) is 14.8 Å². The molecule has 0 aliphatic carbocycles. The number of halogens is 3. The Bertz CT molecular complexity index is 1260. The fourth-order valence-corrected chi connectivity index (χ4v) is 3.89. The molecule has 2 heterocycles. The molecule has 2 aliphatic rings. The van der Waals surface area contributed by atoms with E-state index < -0.39 is 23.2 Å². The average molecular weight is 419 g/mol. The largest absolute Gasteiger partial charge is 0.417 e. The van der Waals surface area contributed by atoms with E-state index in [4.69, 9.17) is 0 Å². The molecular weight excluding hydrogens is 403 g/mol. The summed E-state index contributed by atoms with van der Waals surface area (Å²) in [6.45, 7) is 0.792. The number of rotatable bonds is 3. The van der Waals surface area contributed by atoms with Gasteiger partial charge in [-0.2, -0.15) is 13.2 Å².